The van der Waals surface area contributed by atoms with E-state index in [1.54, 1.807) is 13.0 Å². The average Bonchev–Trinajstić information content (AvgIpc) is 2.57. The minimum absolute atomic E-state index is 0.0515. The summed E-state index contributed by atoms with van der Waals surface area (Å²) in [5, 5.41) is 9.39. The predicted octanol–water partition coefficient (Wildman–Crippen LogP) is 2.62. The standard InChI is InChI=1S/C17H16F2N2O4/c1-4-24-17(22)12-8(2)25-16(21)10(7-20)13(12)9-5-6-11(23-3)15(19)14(9)18/h5-6,13H,4,21H2,1-3H3. The fourth-order valence-corrected chi connectivity index (χ4v) is 2.59. The number of carbonyl (C=O) groups excluding carboxylic acids is 1. The van der Waals surface area contributed by atoms with Crippen molar-refractivity contribution in [3.63, 3.8) is 0 Å². The number of nitrogens with two attached hydrogens (primary N) is 1. The molecule has 0 saturated heterocycles. The number of carbonyl (C=O) groups is 1. The highest BCUT2D eigenvalue weighted by Gasteiger charge is 2.38. The van der Waals surface area contributed by atoms with Crippen molar-refractivity contribution in [3.05, 3.63) is 52.1 Å². The van der Waals surface area contributed by atoms with Crippen LogP contribution in [0.3, 0.4) is 0 Å². The van der Waals surface area contributed by atoms with Gasteiger partial charge in [0.15, 0.2) is 11.6 Å². The number of allylic oxidation sites excluding steroid dienone is 2. The van der Waals surface area contributed by atoms with E-state index in [4.69, 9.17) is 19.9 Å². The number of hydrogen-bond donors (Lipinski definition) is 1. The molecule has 0 amide bonds. The highest BCUT2D eigenvalue weighted by Crippen LogP contribution is 2.41. The number of hydrogen-bond acceptors (Lipinski definition) is 6. The van der Waals surface area contributed by atoms with Crippen LogP contribution in [0, 0.1) is 23.0 Å². The Morgan fingerprint density at radius 2 is 2.08 bits per heavy atom. The minimum Gasteiger partial charge on any atom is -0.494 e. The van der Waals surface area contributed by atoms with Gasteiger partial charge in [-0.1, -0.05) is 6.07 Å². The Hall–Kier alpha value is -3.08. The van der Waals surface area contributed by atoms with Gasteiger partial charge in [-0.3, -0.25) is 0 Å². The average molecular weight is 350 g/mol. The second kappa shape index (κ2) is 7.21. The van der Waals surface area contributed by atoms with Crippen LogP contribution in [-0.2, 0) is 14.3 Å². The molecule has 0 spiro atoms. The molecule has 1 aliphatic rings. The van der Waals surface area contributed by atoms with E-state index < -0.39 is 23.5 Å². The first kappa shape index (κ1) is 18.3. The van der Waals surface area contributed by atoms with Gasteiger partial charge in [-0.15, -0.1) is 0 Å². The first-order chi connectivity index (χ1) is 11.9. The Kier molecular flexibility index (Phi) is 5.27. The molecule has 1 aromatic rings. The maximum absolute atomic E-state index is 14.6. The van der Waals surface area contributed by atoms with Gasteiger partial charge >= 0.3 is 5.97 Å². The molecule has 6 nitrogen and oxygen atoms in total. The number of nitriles is 1. The van der Waals surface area contributed by atoms with Gasteiger partial charge in [0.2, 0.25) is 11.7 Å². The fourth-order valence-electron chi connectivity index (χ4n) is 2.59. The van der Waals surface area contributed by atoms with Crippen molar-refractivity contribution in [3.8, 4) is 11.8 Å². The van der Waals surface area contributed by atoms with Crippen molar-refractivity contribution in [1.29, 1.82) is 5.26 Å². The van der Waals surface area contributed by atoms with Gasteiger partial charge in [-0.2, -0.15) is 9.65 Å². The molecule has 0 aromatic heterocycles. The largest absolute Gasteiger partial charge is 0.494 e. The molecule has 0 saturated carbocycles. The third-order valence-corrected chi connectivity index (χ3v) is 3.71. The second-order valence-corrected chi connectivity index (χ2v) is 5.10. The van der Waals surface area contributed by atoms with Crippen molar-refractivity contribution >= 4 is 5.97 Å². The van der Waals surface area contributed by atoms with E-state index in [1.165, 1.54) is 26.2 Å². The molecule has 0 radical (unpaired) electrons. The van der Waals surface area contributed by atoms with Crippen LogP contribution in [0.1, 0.15) is 25.3 Å². The van der Waals surface area contributed by atoms with E-state index in [9.17, 15) is 18.8 Å². The van der Waals surface area contributed by atoms with Crippen LogP contribution in [0.4, 0.5) is 8.78 Å². The van der Waals surface area contributed by atoms with Crippen molar-refractivity contribution in [2.75, 3.05) is 13.7 Å². The van der Waals surface area contributed by atoms with Crippen LogP contribution < -0.4 is 10.5 Å². The molecule has 0 bridgehead atoms. The summed E-state index contributed by atoms with van der Waals surface area (Å²) in [6.45, 7) is 3.08. The summed E-state index contributed by atoms with van der Waals surface area (Å²) in [5.74, 6) is -5.07. The Bertz CT molecular complexity index is 825. The first-order valence-electron chi connectivity index (χ1n) is 7.34. The van der Waals surface area contributed by atoms with E-state index in [0.717, 1.165) is 0 Å². The molecule has 1 aliphatic heterocycles. The Balaban J connectivity index is 2.71. The molecule has 1 heterocycles. The summed E-state index contributed by atoms with van der Waals surface area (Å²) >= 11 is 0. The lowest BCUT2D eigenvalue weighted by atomic mass is 9.82. The van der Waals surface area contributed by atoms with Crippen LogP contribution >= 0.6 is 0 Å². The third-order valence-electron chi connectivity index (χ3n) is 3.71. The molecule has 25 heavy (non-hydrogen) atoms. The summed E-state index contributed by atoms with van der Waals surface area (Å²) in [6.07, 6.45) is 0. The zero-order chi connectivity index (χ0) is 18.7. The Morgan fingerprint density at radius 1 is 1.40 bits per heavy atom. The zero-order valence-corrected chi connectivity index (χ0v) is 13.9. The first-order valence-corrected chi connectivity index (χ1v) is 7.34. The van der Waals surface area contributed by atoms with Gasteiger partial charge in [0.1, 0.15) is 17.4 Å². The van der Waals surface area contributed by atoms with Gasteiger partial charge in [0.05, 0.1) is 25.2 Å². The molecular formula is C17H16F2N2O4. The summed E-state index contributed by atoms with van der Waals surface area (Å²) in [5.41, 5.74) is 5.12. The molecule has 2 rings (SSSR count). The van der Waals surface area contributed by atoms with Crippen LogP contribution in [0.15, 0.2) is 34.9 Å². The number of esters is 1. The van der Waals surface area contributed by atoms with Crippen molar-refractivity contribution in [1.82, 2.24) is 0 Å². The van der Waals surface area contributed by atoms with Crippen LogP contribution in [0.25, 0.3) is 0 Å². The minimum atomic E-state index is -1.25. The maximum atomic E-state index is 14.6. The van der Waals surface area contributed by atoms with E-state index in [1.807, 2.05) is 0 Å². The molecule has 1 atom stereocenters. The quantitative estimate of drug-likeness (QED) is 0.839. The smallest absolute Gasteiger partial charge is 0.338 e. The Labute approximate surface area is 143 Å². The molecule has 0 aliphatic carbocycles. The van der Waals surface area contributed by atoms with Gasteiger partial charge < -0.3 is 19.9 Å². The number of nitrogens with zero attached hydrogens (tertiary/aromatic N) is 1. The summed E-state index contributed by atoms with van der Waals surface area (Å²) in [4.78, 5) is 12.3. The normalized spacial score (nSPS) is 17.0. The van der Waals surface area contributed by atoms with Gasteiger partial charge in [-0.05, 0) is 19.9 Å². The van der Waals surface area contributed by atoms with E-state index in [0.29, 0.717) is 0 Å². The lowest BCUT2D eigenvalue weighted by Crippen LogP contribution is -2.26. The summed E-state index contributed by atoms with van der Waals surface area (Å²) in [6, 6.07) is 4.22. The fraction of sp³-hybridized carbons (Fsp3) is 0.294. The van der Waals surface area contributed by atoms with Crippen LogP contribution in [0.2, 0.25) is 0 Å². The SMILES string of the molecule is CCOC(=O)C1=C(C)OC(N)=C(C#N)C1c1ccc(OC)c(F)c1F. The van der Waals surface area contributed by atoms with E-state index in [-0.39, 0.29) is 40.7 Å². The van der Waals surface area contributed by atoms with Gasteiger partial charge in [-0.25, -0.2) is 9.18 Å². The summed E-state index contributed by atoms with van der Waals surface area (Å²) in [7, 11) is 1.19. The maximum Gasteiger partial charge on any atom is 0.338 e. The molecule has 1 unspecified atom stereocenters. The molecule has 8 heteroatoms. The number of rotatable bonds is 4. The third kappa shape index (κ3) is 3.13. The molecule has 0 fully saturated rings. The highest BCUT2D eigenvalue weighted by molar-refractivity contribution is 5.92. The van der Waals surface area contributed by atoms with Crippen molar-refractivity contribution in [2.24, 2.45) is 5.73 Å². The number of ether oxygens (including phenoxy) is 3. The number of methoxy groups -OCH3 is 1. The summed E-state index contributed by atoms with van der Waals surface area (Å²) < 4.78 is 43.6. The van der Waals surface area contributed by atoms with E-state index in [2.05, 4.69) is 0 Å². The van der Waals surface area contributed by atoms with Crippen molar-refractivity contribution < 1.29 is 27.8 Å². The van der Waals surface area contributed by atoms with Crippen LogP contribution in [0.5, 0.6) is 5.75 Å². The Morgan fingerprint density at radius 3 is 2.64 bits per heavy atom. The molecule has 132 valence electrons. The van der Waals surface area contributed by atoms with Gasteiger partial charge in [0.25, 0.3) is 0 Å². The number of halogens is 2. The highest BCUT2D eigenvalue weighted by atomic mass is 19.2. The predicted molar refractivity (Wildman–Crippen MR) is 82.9 cm³/mol. The lowest BCUT2D eigenvalue weighted by molar-refractivity contribution is -0.139. The van der Waals surface area contributed by atoms with Gasteiger partial charge in [0, 0.05) is 5.56 Å². The number of benzene rings is 1. The van der Waals surface area contributed by atoms with Crippen molar-refractivity contribution in [2.45, 2.75) is 19.8 Å². The topological polar surface area (TPSA) is 94.6 Å². The van der Waals surface area contributed by atoms with E-state index >= 15 is 0 Å². The monoisotopic (exact) mass is 350 g/mol. The zero-order valence-electron chi connectivity index (χ0n) is 13.9. The lowest BCUT2D eigenvalue weighted by Gasteiger charge is -2.27. The molecule has 2 N–H and O–H groups in total. The van der Waals surface area contributed by atoms with Crippen LogP contribution in [-0.4, -0.2) is 19.7 Å². The molecule has 1 aromatic carbocycles. The second-order valence-electron chi connectivity index (χ2n) is 5.10. The molecular weight excluding hydrogens is 334 g/mol.